The van der Waals surface area contributed by atoms with E-state index in [1.165, 1.54) is 11.8 Å². The molecule has 33 heavy (non-hydrogen) atoms. The molecule has 8 heteroatoms. The zero-order chi connectivity index (χ0) is 22.9. The summed E-state index contributed by atoms with van der Waals surface area (Å²) in [5.41, 5.74) is 2.28. The normalized spacial score (nSPS) is 31.2. The zero-order valence-corrected chi connectivity index (χ0v) is 18.1. The van der Waals surface area contributed by atoms with Crippen LogP contribution in [0.1, 0.15) is 18.9 Å². The lowest BCUT2D eigenvalue weighted by Gasteiger charge is -2.29. The second kappa shape index (κ2) is 7.16. The Bertz CT molecular complexity index is 1190. The maximum atomic E-state index is 13.5. The number of imide groups is 1. The summed E-state index contributed by atoms with van der Waals surface area (Å²) in [5, 5.41) is 4.37. The molecule has 2 aliphatic carbocycles. The third-order valence-electron chi connectivity index (χ3n) is 7.43. The molecule has 6 atom stereocenters. The summed E-state index contributed by atoms with van der Waals surface area (Å²) in [6.45, 7) is 1.32. The van der Waals surface area contributed by atoms with Gasteiger partial charge in [-0.25, -0.2) is 0 Å². The van der Waals surface area contributed by atoms with E-state index < -0.39 is 5.97 Å². The smallest absolute Gasteiger partial charge is 0.308 e. The van der Waals surface area contributed by atoms with E-state index in [1.54, 1.807) is 31.4 Å². The van der Waals surface area contributed by atoms with Gasteiger partial charge >= 0.3 is 5.97 Å². The van der Waals surface area contributed by atoms with Crippen molar-refractivity contribution in [2.24, 2.45) is 34.7 Å². The highest BCUT2D eigenvalue weighted by molar-refractivity contribution is 6.23. The highest BCUT2D eigenvalue weighted by Gasteiger charge is 2.70. The highest BCUT2D eigenvalue weighted by atomic mass is 16.6. The van der Waals surface area contributed by atoms with E-state index in [-0.39, 0.29) is 47.5 Å². The van der Waals surface area contributed by atoms with Gasteiger partial charge in [0, 0.05) is 24.3 Å². The van der Waals surface area contributed by atoms with Crippen LogP contribution >= 0.6 is 0 Å². The van der Waals surface area contributed by atoms with Crippen LogP contribution in [-0.4, -0.2) is 36.7 Å². The maximum absolute atomic E-state index is 13.5. The van der Waals surface area contributed by atoms with Crippen molar-refractivity contribution in [3.63, 3.8) is 0 Å². The number of nitrogens with zero attached hydrogens (tertiary/aromatic N) is 2. The number of carbonyl (C=O) groups is 3. The first-order chi connectivity index (χ1) is 16.0. The van der Waals surface area contributed by atoms with Crippen LogP contribution in [0.3, 0.4) is 0 Å². The molecule has 168 valence electrons. The van der Waals surface area contributed by atoms with Crippen LogP contribution in [0, 0.1) is 29.6 Å². The number of carbonyl (C=O) groups excluding carboxylic acids is 3. The minimum Gasteiger partial charge on any atom is -0.497 e. The molecule has 3 fully saturated rings. The van der Waals surface area contributed by atoms with Gasteiger partial charge in [0.15, 0.2) is 0 Å². The number of methoxy groups -OCH3 is 1. The lowest BCUT2D eigenvalue weighted by atomic mass is 9.71. The average molecular weight is 446 g/mol. The van der Waals surface area contributed by atoms with Crippen molar-refractivity contribution in [3.8, 4) is 11.5 Å². The molecule has 4 aliphatic rings. The van der Waals surface area contributed by atoms with Gasteiger partial charge in [-0.15, -0.1) is 0 Å². The largest absolute Gasteiger partial charge is 0.497 e. The standard InChI is InChI=1S/C25H22N2O6/c1-12(28)32-16-9-5-14(6-10-16)27-24(29)19-17-11-18(20(19)25(27)30)23-21(17)22(26-33-23)13-3-7-15(31-2)8-4-13/h3-10,17-21,23H,11H2,1-2H3/t17-,18+,19+,20-,21-,23-/m1/s1. The molecule has 6 rings (SSSR count). The predicted octanol–water partition coefficient (Wildman–Crippen LogP) is 2.80. The summed E-state index contributed by atoms with van der Waals surface area (Å²) in [6.07, 6.45) is 0.604. The third-order valence-corrected chi connectivity index (χ3v) is 7.43. The number of fused-ring (bicyclic) bond motifs is 8. The fourth-order valence-corrected chi connectivity index (χ4v) is 6.21. The lowest BCUT2D eigenvalue weighted by molar-refractivity contribution is -0.132. The summed E-state index contributed by atoms with van der Waals surface area (Å²) in [7, 11) is 1.62. The first kappa shape index (κ1) is 20.0. The molecular weight excluding hydrogens is 424 g/mol. The number of anilines is 1. The van der Waals surface area contributed by atoms with Crippen molar-refractivity contribution < 1.29 is 28.7 Å². The number of amides is 2. The average Bonchev–Trinajstić information content (AvgIpc) is 3.55. The monoisotopic (exact) mass is 446 g/mol. The van der Waals surface area contributed by atoms with Crippen LogP contribution < -0.4 is 14.4 Å². The fraction of sp³-hybridized carbons (Fsp3) is 0.360. The molecular formula is C25H22N2O6. The molecule has 2 heterocycles. The topological polar surface area (TPSA) is 94.5 Å². The van der Waals surface area contributed by atoms with Gasteiger partial charge in [-0.3, -0.25) is 19.3 Å². The van der Waals surface area contributed by atoms with Crippen LogP contribution in [0.2, 0.25) is 0 Å². The Hall–Kier alpha value is -3.68. The summed E-state index contributed by atoms with van der Waals surface area (Å²) in [6, 6.07) is 14.1. The molecule has 0 aromatic heterocycles. The van der Waals surface area contributed by atoms with Crippen molar-refractivity contribution in [2.75, 3.05) is 12.0 Å². The molecule has 0 unspecified atom stereocenters. The Labute approximate surface area is 190 Å². The minimum absolute atomic E-state index is 0.00677. The van der Waals surface area contributed by atoms with Gasteiger partial charge in [-0.1, -0.05) is 5.16 Å². The molecule has 0 spiro atoms. The van der Waals surface area contributed by atoms with E-state index in [4.69, 9.17) is 14.3 Å². The van der Waals surface area contributed by atoms with E-state index >= 15 is 0 Å². The zero-order valence-electron chi connectivity index (χ0n) is 18.1. The highest BCUT2D eigenvalue weighted by Crippen LogP contribution is 2.62. The number of esters is 1. The van der Waals surface area contributed by atoms with E-state index in [9.17, 15) is 14.4 Å². The van der Waals surface area contributed by atoms with Gasteiger partial charge in [0.05, 0.1) is 30.3 Å². The number of hydrogen-bond acceptors (Lipinski definition) is 7. The van der Waals surface area contributed by atoms with Gasteiger partial charge in [0.2, 0.25) is 11.8 Å². The Morgan fingerprint density at radius 3 is 2.21 bits per heavy atom. The predicted molar refractivity (Wildman–Crippen MR) is 117 cm³/mol. The van der Waals surface area contributed by atoms with E-state index in [0.717, 1.165) is 23.4 Å². The van der Waals surface area contributed by atoms with E-state index in [1.807, 2.05) is 24.3 Å². The second-order valence-electron chi connectivity index (χ2n) is 9.02. The van der Waals surface area contributed by atoms with E-state index in [0.29, 0.717) is 11.4 Å². The van der Waals surface area contributed by atoms with Gasteiger partial charge in [-0.2, -0.15) is 0 Å². The van der Waals surface area contributed by atoms with Gasteiger partial charge in [0.1, 0.15) is 17.6 Å². The minimum atomic E-state index is -0.428. The summed E-state index contributed by atoms with van der Waals surface area (Å²) >= 11 is 0. The molecule has 2 amide bonds. The van der Waals surface area contributed by atoms with Crippen molar-refractivity contribution in [3.05, 3.63) is 54.1 Å². The van der Waals surface area contributed by atoms with Gasteiger partial charge in [-0.05, 0) is 60.9 Å². The number of rotatable bonds is 4. The number of hydrogen-bond donors (Lipinski definition) is 0. The van der Waals surface area contributed by atoms with Crippen molar-refractivity contribution in [1.29, 1.82) is 0 Å². The number of oxime groups is 1. The van der Waals surface area contributed by atoms with Crippen LogP contribution in [0.5, 0.6) is 11.5 Å². The Morgan fingerprint density at radius 1 is 0.939 bits per heavy atom. The Balaban J connectivity index is 1.28. The van der Waals surface area contributed by atoms with Crippen LogP contribution in [0.25, 0.3) is 0 Å². The summed E-state index contributed by atoms with van der Waals surface area (Å²) in [5.74, 6) is -0.444. The molecule has 2 bridgehead atoms. The van der Waals surface area contributed by atoms with Gasteiger partial charge in [0.25, 0.3) is 0 Å². The molecule has 0 radical (unpaired) electrons. The SMILES string of the molecule is COc1ccc(C2=NO[C@@H]3[C@H]4C[C@@H]([C@H]23)[C@@H]2C(=O)N(c3ccc(OC(C)=O)cc3)C(=O)[C@H]42)cc1. The van der Waals surface area contributed by atoms with Crippen molar-refractivity contribution >= 4 is 29.2 Å². The quantitative estimate of drug-likeness (QED) is 0.407. The van der Waals surface area contributed by atoms with Crippen molar-refractivity contribution in [2.45, 2.75) is 19.4 Å². The molecule has 2 aromatic carbocycles. The molecule has 8 nitrogen and oxygen atoms in total. The van der Waals surface area contributed by atoms with Crippen molar-refractivity contribution in [1.82, 2.24) is 0 Å². The fourth-order valence-electron chi connectivity index (χ4n) is 6.21. The summed E-state index contributed by atoms with van der Waals surface area (Å²) in [4.78, 5) is 45.2. The molecule has 2 aromatic rings. The number of ether oxygens (including phenoxy) is 2. The van der Waals surface area contributed by atoms with Crippen LogP contribution in [0.15, 0.2) is 53.7 Å². The number of benzene rings is 2. The molecule has 2 aliphatic heterocycles. The molecule has 1 saturated heterocycles. The van der Waals surface area contributed by atoms with Crippen LogP contribution in [0.4, 0.5) is 5.69 Å². The third kappa shape index (κ3) is 2.83. The first-order valence-corrected chi connectivity index (χ1v) is 11.0. The molecule has 0 N–H and O–H groups in total. The lowest BCUT2D eigenvalue weighted by Crippen LogP contribution is -2.41. The van der Waals surface area contributed by atoms with E-state index in [2.05, 4.69) is 5.16 Å². The Morgan fingerprint density at radius 2 is 1.58 bits per heavy atom. The molecule has 2 saturated carbocycles. The maximum Gasteiger partial charge on any atom is 0.308 e. The second-order valence-corrected chi connectivity index (χ2v) is 9.02. The van der Waals surface area contributed by atoms with Crippen LogP contribution in [-0.2, 0) is 19.2 Å². The summed E-state index contributed by atoms with van der Waals surface area (Å²) < 4.78 is 10.3. The van der Waals surface area contributed by atoms with Gasteiger partial charge < -0.3 is 14.3 Å². The first-order valence-electron chi connectivity index (χ1n) is 11.0. The Kier molecular flexibility index (Phi) is 4.33.